The fourth-order valence-electron chi connectivity index (χ4n) is 3.56. The third kappa shape index (κ3) is 2.76. The summed E-state index contributed by atoms with van der Waals surface area (Å²) >= 11 is 0. The molecule has 1 aliphatic heterocycles. The van der Waals surface area contributed by atoms with Crippen LogP contribution >= 0.6 is 0 Å². The lowest BCUT2D eigenvalue weighted by Gasteiger charge is -2.27. The molecule has 1 unspecified atom stereocenters. The van der Waals surface area contributed by atoms with Crippen LogP contribution in [0.2, 0.25) is 0 Å². The molecule has 0 bridgehead atoms. The van der Waals surface area contributed by atoms with Crippen molar-refractivity contribution in [1.29, 1.82) is 0 Å². The molecule has 124 valence electrons. The summed E-state index contributed by atoms with van der Waals surface area (Å²) in [6.07, 6.45) is 0.533. The Bertz CT molecular complexity index is 867. The Morgan fingerprint density at radius 1 is 1.39 bits per heavy atom. The van der Waals surface area contributed by atoms with E-state index in [1.807, 2.05) is 49.7 Å². The van der Waals surface area contributed by atoms with Gasteiger partial charge in [0.05, 0.1) is 17.0 Å². The number of nitrogens with zero attached hydrogens (tertiary/aromatic N) is 2. The van der Waals surface area contributed by atoms with Crippen LogP contribution in [0.1, 0.15) is 29.4 Å². The van der Waals surface area contributed by atoms with E-state index in [2.05, 4.69) is 0 Å². The summed E-state index contributed by atoms with van der Waals surface area (Å²) in [5.41, 5.74) is 2.78. The maximum absolute atomic E-state index is 13.0. The van der Waals surface area contributed by atoms with Crippen LogP contribution in [0, 0.1) is 6.92 Å². The molecule has 6 heteroatoms. The van der Waals surface area contributed by atoms with Crippen molar-refractivity contribution in [3.8, 4) is 0 Å². The predicted octanol–water partition coefficient (Wildman–Crippen LogP) is 2.14. The van der Waals surface area contributed by atoms with Gasteiger partial charge in [-0.2, -0.15) is 0 Å². The number of rotatable bonds is 3. The van der Waals surface area contributed by atoms with Gasteiger partial charge in [-0.05, 0) is 31.9 Å². The SMILES string of the molecule is CCN(C(=O)c1cc2cccc(C)c2n1C)C1CCS(=O)(=O)C1. The van der Waals surface area contributed by atoms with Crippen molar-refractivity contribution in [2.24, 2.45) is 7.05 Å². The van der Waals surface area contributed by atoms with Crippen LogP contribution in [0.5, 0.6) is 0 Å². The third-order valence-corrected chi connectivity index (χ3v) is 6.48. The predicted molar refractivity (Wildman–Crippen MR) is 91.4 cm³/mol. The first-order valence-electron chi connectivity index (χ1n) is 7.90. The van der Waals surface area contributed by atoms with Crippen LogP contribution in [0.15, 0.2) is 24.3 Å². The molecule has 23 heavy (non-hydrogen) atoms. The molecule has 1 atom stereocenters. The van der Waals surface area contributed by atoms with Crippen molar-refractivity contribution < 1.29 is 13.2 Å². The van der Waals surface area contributed by atoms with Gasteiger partial charge in [-0.15, -0.1) is 0 Å². The monoisotopic (exact) mass is 334 g/mol. The van der Waals surface area contributed by atoms with Crippen LogP contribution in [0.3, 0.4) is 0 Å². The molecule has 0 spiro atoms. The van der Waals surface area contributed by atoms with Gasteiger partial charge in [0.1, 0.15) is 5.69 Å². The molecule has 2 heterocycles. The summed E-state index contributed by atoms with van der Waals surface area (Å²) in [5, 5.41) is 1.03. The van der Waals surface area contributed by atoms with Crippen LogP contribution in [-0.2, 0) is 16.9 Å². The largest absolute Gasteiger partial charge is 0.339 e. The lowest BCUT2D eigenvalue weighted by atomic mass is 10.1. The molecular formula is C17H22N2O3S. The van der Waals surface area contributed by atoms with Crippen molar-refractivity contribution in [1.82, 2.24) is 9.47 Å². The summed E-state index contributed by atoms with van der Waals surface area (Å²) in [5.74, 6) is 0.165. The first kappa shape index (κ1) is 16.1. The van der Waals surface area contributed by atoms with E-state index in [0.717, 1.165) is 16.5 Å². The van der Waals surface area contributed by atoms with Crippen molar-refractivity contribution in [3.63, 3.8) is 0 Å². The maximum atomic E-state index is 13.0. The van der Waals surface area contributed by atoms with E-state index in [1.165, 1.54) is 0 Å². The Kier molecular flexibility index (Phi) is 3.96. The Morgan fingerprint density at radius 3 is 2.70 bits per heavy atom. The standard InChI is InChI=1S/C17H22N2O3S/c1-4-19(14-8-9-23(21,22)11-14)17(20)15-10-13-7-5-6-12(2)16(13)18(15)3/h5-7,10,14H,4,8-9,11H2,1-3H3. The molecule has 0 N–H and O–H groups in total. The molecular weight excluding hydrogens is 312 g/mol. The van der Waals surface area contributed by atoms with Crippen molar-refractivity contribution in [2.45, 2.75) is 26.3 Å². The van der Waals surface area contributed by atoms with Gasteiger partial charge < -0.3 is 9.47 Å². The number of sulfone groups is 1. The first-order chi connectivity index (χ1) is 10.8. The van der Waals surface area contributed by atoms with E-state index in [4.69, 9.17) is 0 Å². The molecule has 0 saturated carbocycles. The zero-order valence-corrected chi connectivity index (χ0v) is 14.6. The molecule has 3 rings (SSSR count). The number of aryl methyl sites for hydroxylation is 2. The molecule has 0 radical (unpaired) electrons. The molecule has 1 aliphatic rings. The van der Waals surface area contributed by atoms with Gasteiger partial charge >= 0.3 is 0 Å². The number of para-hydroxylation sites is 1. The summed E-state index contributed by atoms with van der Waals surface area (Å²) in [4.78, 5) is 14.7. The lowest BCUT2D eigenvalue weighted by molar-refractivity contribution is 0.0699. The summed E-state index contributed by atoms with van der Waals surface area (Å²) < 4.78 is 25.4. The van der Waals surface area contributed by atoms with Gasteiger partial charge in [-0.3, -0.25) is 4.79 Å². The minimum absolute atomic E-state index is 0.0789. The number of hydrogen-bond donors (Lipinski definition) is 0. The maximum Gasteiger partial charge on any atom is 0.270 e. The molecule has 5 nitrogen and oxygen atoms in total. The average molecular weight is 334 g/mol. The fourth-order valence-corrected chi connectivity index (χ4v) is 5.29. The first-order valence-corrected chi connectivity index (χ1v) is 9.72. The van der Waals surface area contributed by atoms with Gasteiger partial charge in [0.25, 0.3) is 5.91 Å². The Labute approximate surface area is 136 Å². The molecule has 1 amide bonds. The minimum atomic E-state index is -3.01. The quantitative estimate of drug-likeness (QED) is 0.864. The highest BCUT2D eigenvalue weighted by Crippen LogP contribution is 2.25. The Hall–Kier alpha value is -1.82. The molecule has 1 saturated heterocycles. The summed E-state index contributed by atoms with van der Waals surface area (Å²) in [6.45, 7) is 4.44. The van der Waals surface area contributed by atoms with E-state index < -0.39 is 9.84 Å². The smallest absolute Gasteiger partial charge is 0.270 e. The number of benzene rings is 1. The van der Waals surface area contributed by atoms with Crippen molar-refractivity contribution in [3.05, 3.63) is 35.5 Å². The minimum Gasteiger partial charge on any atom is -0.339 e. The van der Waals surface area contributed by atoms with E-state index in [0.29, 0.717) is 18.7 Å². The molecule has 1 aromatic heterocycles. The van der Waals surface area contributed by atoms with Gasteiger partial charge in [-0.25, -0.2) is 8.42 Å². The van der Waals surface area contributed by atoms with Gasteiger partial charge in [-0.1, -0.05) is 18.2 Å². The van der Waals surface area contributed by atoms with Gasteiger partial charge in [0.2, 0.25) is 0 Å². The van der Waals surface area contributed by atoms with Crippen LogP contribution in [-0.4, -0.2) is 47.9 Å². The number of carbonyl (C=O) groups is 1. The van der Waals surface area contributed by atoms with Crippen molar-refractivity contribution >= 4 is 26.6 Å². The molecule has 1 aromatic carbocycles. The number of amides is 1. The Balaban J connectivity index is 1.99. The highest BCUT2D eigenvalue weighted by molar-refractivity contribution is 7.91. The highest BCUT2D eigenvalue weighted by Gasteiger charge is 2.35. The third-order valence-electron chi connectivity index (χ3n) is 4.73. The number of aromatic nitrogens is 1. The van der Waals surface area contributed by atoms with Crippen LogP contribution in [0.25, 0.3) is 10.9 Å². The molecule has 0 aliphatic carbocycles. The zero-order valence-electron chi connectivity index (χ0n) is 13.7. The fraction of sp³-hybridized carbons (Fsp3) is 0.471. The second-order valence-electron chi connectivity index (χ2n) is 6.25. The van der Waals surface area contributed by atoms with E-state index in [-0.39, 0.29) is 23.5 Å². The highest BCUT2D eigenvalue weighted by atomic mass is 32.2. The summed E-state index contributed by atoms with van der Waals surface area (Å²) in [7, 11) is -1.12. The zero-order chi connectivity index (χ0) is 16.8. The second-order valence-corrected chi connectivity index (χ2v) is 8.48. The van der Waals surface area contributed by atoms with Crippen LogP contribution in [0.4, 0.5) is 0 Å². The lowest BCUT2D eigenvalue weighted by Crippen LogP contribution is -2.41. The number of carbonyl (C=O) groups excluding carboxylic acids is 1. The van der Waals surface area contributed by atoms with Gasteiger partial charge in [0, 0.05) is 25.0 Å². The number of fused-ring (bicyclic) bond motifs is 1. The second kappa shape index (κ2) is 5.67. The van der Waals surface area contributed by atoms with E-state index in [1.54, 1.807) is 4.90 Å². The average Bonchev–Trinajstić information content (AvgIpc) is 3.01. The van der Waals surface area contributed by atoms with Crippen LogP contribution < -0.4 is 0 Å². The van der Waals surface area contributed by atoms with E-state index >= 15 is 0 Å². The summed E-state index contributed by atoms with van der Waals surface area (Å²) in [6, 6.07) is 7.69. The Morgan fingerprint density at radius 2 is 2.13 bits per heavy atom. The van der Waals surface area contributed by atoms with Crippen molar-refractivity contribution in [2.75, 3.05) is 18.1 Å². The van der Waals surface area contributed by atoms with Gasteiger partial charge in [0.15, 0.2) is 9.84 Å². The topological polar surface area (TPSA) is 59.4 Å². The molecule has 1 fully saturated rings. The molecule has 2 aromatic rings. The normalized spacial score (nSPS) is 20.0. The number of hydrogen-bond acceptors (Lipinski definition) is 3. The van der Waals surface area contributed by atoms with E-state index in [9.17, 15) is 13.2 Å².